The molecule has 0 fully saturated rings. The third-order valence-electron chi connectivity index (χ3n) is 3.83. The fourth-order valence-corrected chi connectivity index (χ4v) is 2.68. The Bertz CT molecular complexity index is 821. The van der Waals surface area contributed by atoms with Crippen molar-refractivity contribution in [1.29, 1.82) is 0 Å². The molecule has 0 aliphatic carbocycles. The van der Waals surface area contributed by atoms with Crippen molar-refractivity contribution in [2.45, 2.75) is 19.8 Å². The summed E-state index contributed by atoms with van der Waals surface area (Å²) >= 11 is 0. The molecule has 0 saturated carbocycles. The molecule has 23 heavy (non-hydrogen) atoms. The van der Waals surface area contributed by atoms with E-state index in [0.717, 1.165) is 23.2 Å². The molecule has 0 saturated heterocycles. The van der Waals surface area contributed by atoms with Gasteiger partial charge in [0, 0.05) is 17.8 Å². The summed E-state index contributed by atoms with van der Waals surface area (Å²) in [6.45, 7) is 2.63. The van der Waals surface area contributed by atoms with Gasteiger partial charge >= 0.3 is 0 Å². The number of rotatable bonds is 5. The smallest absolute Gasteiger partial charge is 0.224 e. The van der Waals surface area contributed by atoms with Crippen LogP contribution in [0.15, 0.2) is 48.5 Å². The Morgan fingerprint density at radius 2 is 1.83 bits per heavy atom. The molecular formula is C19H19FN2O. The summed E-state index contributed by atoms with van der Waals surface area (Å²) < 4.78 is 12.8. The van der Waals surface area contributed by atoms with E-state index in [1.807, 2.05) is 6.92 Å². The number of carbonyl (C=O) groups excluding carboxylic acids is 1. The minimum absolute atomic E-state index is 0.0461. The number of hydrogen-bond donors (Lipinski definition) is 2. The lowest BCUT2D eigenvalue weighted by Crippen LogP contribution is -2.27. The van der Waals surface area contributed by atoms with Crippen molar-refractivity contribution in [3.05, 3.63) is 71.2 Å². The third kappa shape index (κ3) is 3.97. The van der Waals surface area contributed by atoms with E-state index in [2.05, 4.69) is 34.6 Å². The fraction of sp³-hybridized carbons (Fsp3) is 0.211. The van der Waals surface area contributed by atoms with Gasteiger partial charge in [-0.1, -0.05) is 18.2 Å². The van der Waals surface area contributed by atoms with Gasteiger partial charge in [-0.2, -0.15) is 0 Å². The van der Waals surface area contributed by atoms with Gasteiger partial charge in [0.05, 0.1) is 6.42 Å². The lowest BCUT2D eigenvalue weighted by molar-refractivity contribution is -0.120. The standard InChI is InChI=1S/C19H19FN2O/c1-13-10-16-11-15(4-7-18(16)22-13)8-9-21-19(23)12-14-2-5-17(20)6-3-14/h2-7,10-11,22H,8-9,12H2,1H3,(H,21,23). The quantitative estimate of drug-likeness (QED) is 0.744. The van der Waals surface area contributed by atoms with Crippen LogP contribution in [-0.4, -0.2) is 17.4 Å². The van der Waals surface area contributed by atoms with Gasteiger partial charge in [0.15, 0.2) is 0 Å². The summed E-state index contributed by atoms with van der Waals surface area (Å²) in [7, 11) is 0. The second-order valence-corrected chi connectivity index (χ2v) is 5.78. The van der Waals surface area contributed by atoms with Crippen LogP contribution in [0.1, 0.15) is 16.8 Å². The summed E-state index contributed by atoms with van der Waals surface area (Å²) in [5.74, 6) is -0.334. The van der Waals surface area contributed by atoms with Crippen molar-refractivity contribution in [2.75, 3.05) is 6.54 Å². The normalized spacial score (nSPS) is 10.9. The summed E-state index contributed by atoms with van der Waals surface area (Å²) in [5.41, 5.74) is 4.28. The minimum atomic E-state index is -0.287. The number of aromatic nitrogens is 1. The largest absolute Gasteiger partial charge is 0.359 e. The van der Waals surface area contributed by atoms with Crippen LogP contribution in [0.5, 0.6) is 0 Å². The highest BCUT2D eigenvalue weighted by molar-refractivity contribution is 5.81. The maximum atomic E-state index is 12.8. The van der Waals surface area contributed by atoms with Gasteiger partial charge in [0.1, 0.15) is 5.82 Å². The number of hydrogen-bond acceptors (Lipinski definition) is 1. The van der Waals surface area contributed by atoms with Crippen molar-refractivity contribution >= 4 is 16.8 Å². The second kappa shape index (κ2) is 6.65. The molecule has 0 atom stereocenters. The van der Waals surface area contributed by atoms with Gasteiger partial charge < -0.3 is 10.3 Å². The Labute approximate surface area is 134 Å². The van der Waals surface area contributed by atoms with Crippen molar-refractivity contribution in [3.63, 3.8) is 0 Å². The first-order valence-electron chi connectivity index (χ1n) is 7.69. The number of halogens is 1. The molecule has 0 bridgehead atoms. The number of nitrogens with one attached hydrogen (secondary N) is 2. The lowest BCUT2D eigenvalue weighted by Gasteiger charge is -2.06. The predicted octanol–water partition coefficient (Wildman–Crippen LogP) is 3.52. The zero-order valence-electron chi connectivity index (χ0n) is 13.0. The molecule has 3 aromatic rings. The zero-order chi connectivity index (χ0) is 16.2. The van der Waals surface area contributed by atoms with Crippen LogP contribution >= 0.6 is 0 Å². The highest BCUT2D eigenvalue weighted by Crippen LogP contribution is 2.17. The fourth-order valence-electron chi connectivity index (χ4n) is 2.68. The minimum Gasteiger partial charge on any atom is -0.359 e. The Kier molecular flexibility index (Phi) is 4.42. The van der Waals surface area contributed by atoms with Crippen LogP contribution in [0.2, 0.25) is 0 Å². The van der Waals surface area contributed by atoms with E-state index in [1.54, 1.807) is 12.1 Å². The number of H-pyrrole nitrogens is 1. The SMILES string of the molecule is Cc1cc2cc(CCNC(=O)Cc3ccc(F)cc3)ccc2[nH]1. The van der Waals surface area contributed by atoms with Crippen LogP contribution in [0.3, 0.4) is 0 Å². The molecule has 1 heterocycles. The highest BCUT2D eigenvalue weighted by atomic mass is 19.1. The van der Waals surface area contributed by atoms with Crippen LogP contribution < -0.4 is 5.32 Å². The summed E-state index contributed by atoms with van der Waals surface area (Å²) in [4.78, 5) is 15.2. The number of carbonyl (C=O) groups is 1. The molecule has 3 nitrogen and oxygen atoms in total. The predicted molar refractivity (Wildman–Crippen MR) is 89.9 cm³/mol. The number of aromatic amines is 1. The van der Waals surface area contributed by atoms with Gasteiger partial charge in [0.2, 0.25) is 5.91 Å². The first kappa shape index (κ1) is 15.3. The summed E-state index contributed by atoms with van der Waals surface area (Å²) in [6.07, 6.45) is 1.06. The van der Waals surface area contributed by atoms with Crippen molar-refractivity contribution in [3.8, 4) is 0 Å². The van der Waals surface area contributed by atoms with Crippen LogP contribution in [0.25, 0.3) is 10.9 Å². The second-order valence-electron chi connectivity index (χ2n) is 5.78. The first-order valence-corrected chi connectivity index (χ1v) is 7.69. The summed E-state index contributed by atoms with van der Waals surface area (Å²) in [6, 6.07) is 14.4. The van der Waals surface area contributed by atoms with Gasteiger partial charge in [-0.25, -0.2) is 4.39 Å². The molecule has 3 rings (SSSR count). The topological polar surface area (TPSA) is 44.9 Å². The monoisotopic (exact) mass is 310 g/mol. The number of amides is 1. The average molecular weight is 310 g/mol. The van der Waals surface area contributed by atoms with Gasteiger partial charge in [-0.15, -0.1) is 0 Å². The van der Waals surface area contributed by atoms with E-state index >= 15 is 0 Å². The average Bonchev–Trinajstić information content (AvgIpc) is 2.89. The molecule has 2 N–H and O–H groups in total. The molecule has 118 valence electrons. The molecule has 4 heteroatoms. The Balaban J connectivity index is 1.51. The molecule has 0 unspecified atom stereocenters. The third-order valence-corrected chi connectivity index (χ3v) is 3.83. The van der Waals surface area contributed by atoms with Crippen LogP contribution in [0.4, 0.5) is 4.39 Å². The van der Waals surface area contributed by atoms with Crippen molar-refractivity contribution < 1.29 is 9.18 Å². The van der Waals surface area contributed by atoms with Gasteiger partial charge in [0.25, 0.3) is 0 Å². The van der Waals surface area contributed by atoms with Crippen molar-refractivity contribution in [2.24, 2.45) is 0 Å². The van der Waals surface area contributed by atoms with E-state index in [9.17, 15) is 9.18 Å². The van der Waals surface area contributed by atoms with E-state index in [1.165, 1.54) is 23.1 Å². The molecule has 2 aromatic carbocycles. The van der Waals surface area contributed by atoms with Crippen LogP contribution in [0, 0.1) is 12.7 Å². The lowest BCUT2D eigenvalue weighted by atomic mass is 10.1. The Hall–Kier alpha value is -2.62. The number of fused-ring (bicyclic) bond motifs is 1. The van der Waals surface area contributed by atoms with E-state index in [4.69, 9.17) is 0 Å². The van der Waals surface area contributed by atoms with Gasteiger partial charge in [-0.3, -0.25) is 4.79 Å². The number of benzene rings is 2. The van der Waals surface area contributed by atoms with Crippen LogP contribution in [-0.2, 0) is 17.6 Å². The highest BCUT2D eigenvalue weighted by Gasteiger charge is 2.04. The Morgan fingerprint density at radius 3 is 2.61 bits per heavy atom. The molecule has 0 spiro atoms. The maximum Gasteiger partial charge on any atom is 0.224 e. The molecule has 0 radical (unpaired) electrons. The Morgan fingerprint density at radius 1 is 1.09 bits per heavy atom. The van der Waals surface area contributed by atoms with Gasteiger partial charge in [-0.05, 0) is 60.2 Å². The van der Waals surface area contributed by atoms with E-state index in [-0.39, 0.29) is 18.1 Å². The van der Waals surface area contributed by atoms with E-state index < -0.39 is 0 Å². The molecular weight excluding hydrogens is 291 g/mol. The van der Waals surface area contributed by atoms with E-state index in [0.29, 0.717) is 6.54 Å². The first-order chi connectivity index (χ1) is 11.1. The molecule has 1 aromatic heterocycles. The maximum absolute atomic E-state index is 12.8. The zero-order valence-corrected chi connectivity index (χ0v) is 13.0. The molecule has 0 aliphatic rings. The number of aryl methyl sites for hydroxylation is 1. The molecule has 0 aliphatic heterocycles. The molecule has 1 amide bonds. The van der Waals surface area contributed by atoms with Crippen molar-refractivity contribution in [1.82, 2.24) is 10.3 Å². The summed E-state index contributed by atoms with van der Waals surface area (Å²) in [5, 5.41) is 4.10.